The topological polar surface area (TPSA) is 177 Å². The van der Waals surface area contributed by atoms with Crippen LogP contribution in [0, 0.1) is 5.92 Å². The van der Waals surface area contributed by atoms with Crippen molar-refractivity contribution in [2.75, 3.05) is 43.5 Å². The van der Waals surface area contributed by atoms with Gasteiger partial charge in [-0.25, -0.2) is 4.98 Å². The lowest BCUT2D eigenvalue weighted by molar-refractivity contribution is -0.134. The fourth-order valence-electron chi connectivity index (χ4n) is 6.17. The quantitative estimate of drug-likeness (QED) is 0.180. The van der Waals surface area contributed by atoms with Crippen molar-refractivity contribution < 1.29 is 23.9 Å². The number of rotatable bonds is 10. The molecule has 0 radical (unpaired) electrons. The number of halogens is 1. The highest BCUT2D eigenvalue weighted by molar-refractivity contribution is 6.33. The van der Waals surface area contributed by atoms with Gasteiger partial charge in [0.1, 0.15) is 5.02 Å². The number of amides is 4. The lowest BCUT2D eigenvalue weighted by Gasteiger charge is -2.32. The molecule has 4 amide bonds. The van der Waals surface area contributed by atoms with E-state index in [0.717, 1.165) is 18.4 Å². The van der Waals surface area contributed by atoms with Gasteiger partial charge < -0.3 is 30.2 Å². The minimum absolute atomic E-state index is 0.0602. The molecular formula is C35H37ClN8O6. The molecule has 0 aliphatic carbocycles. The number of hydrogen-bond donors (Lipinski definition) is 4. The standard InChI is InChI=1S/C35H37ClN8O6/c1-37-30(46)19-50-28-16-23-15-24(6-8-27(23)43(2)34(28)49)40-31-26(36)18-39-35(42-31)44-12-10-20(11-13-44)17-38-32(47)22-5-3-4-21(14-22)25-7-9-29(45)41-33(25)48/h3-6,8,14-16,18,20,25H,7,9-13,17,19H2,1-2H3,(H,37,46)(H,38,47)(H,39,40,42)(H,41,45,48). The van der Waals surface area contributed by atoms with Crippen LogP contribution in [-0.2, 0) is 21.4 Å². The van der Waals surface area contributed by atoms with Gasteiger partial charge in [0.25, 0.3) is 17.4 Å². The number of likely N-dealkylation sites (N-methyl/N-ethyl adjacent to an activating group) is 1. The number of carbonyl (C=O) groups is 4. The average Bonchev–Trinajstić information content (AvgIpc) is 3.12. The van der Waals surface area contributed by atoms with E-state index in [-0.39, 0.29) is 53.9 Å². The molecule has 0 saturated carbocycles. The number of nitrogens with zero attached hydrogens (tertiary/aromatic N) is 4. The van der Waals surface area contributed by atoms with Crippen molar-refractivity contribution >= 4 is 63.6 Å². The van der Waals surface area contributed by atoms with Crippen LogP contribution in [0.15, 0.2) is 59.5 Å². The smallest absolute Gasteiger partial charge is 0.293 e. The van der Waals surface area contributed by atoms with E-state index in [4.69, 9.17) is 21.3 Å². The van der Waals surface area contributed by atoms with Crippen LogP contribution < -0.4 is 36.5 Å². The summed E-state index contributed by atoms with van der Waals surface area (Å²) in [5.41, 5.74) is 2.20. The largest absolute Gasteiger partial charge is 0.478 e. The molecule has 0 spiro atoms. The first-order valence-corrected chi connectivity index (χ1v) is 16.7. The summed E-state index contributed by atoms with van der Waals surface area (Å²) < 4.78 is 6.93. The number of piperidine rings is 2. The van der Waals surface area contributed by atoms with Crippen LogP contribution >= 0.6 is 11.6 Å². The third-order valence-corrected chi connectivity index (χ3v) is 9.34. The number of imide groups is 1. The van der Waals surface area contributed by atoms with Gasteiger partial charge >= 0.3 is 0 Å². The SMILES string of the molecule is CNC(=O)COc1cc2cc(Nc3nc(N4CCC(CNC(=O)c5cccc(C6CCC(=O)NC6=O)c5)CC4)ncc3Cl)ccc2n(C)c1=O. The third kappa shape index (κ3) is 7.70. The maximum absolute atomic E-state index is 13.0. The van der Waals surface area contributed by atoms with E-state index in [0.29, 0.717) is 65.0 Å². The molecule has 6 rings (SSSR count). The van der Waals surface area contributed by atoms with Crippen LogP contribution in [0.1, 0.15) is 47.5 Å². The number of anilines is 3. The van der Waals surface area contributed by atoms with Crippen LogP contribution in [0.4, 0.5) is 17.5 Å². The molecule has 2 aromatic carbocycles. The Morgan fingerprint density at radius 1 is 1.06 bits per heavy atom. The van der Waals surface area contributed by atoms with Crippen molar-refractivity contribution in [3.05, 3.63) is 81.2 Å². The van der Waals surface area contributed by atoms with Gasteiger partial charge in [-0.15, -0.1) is 0 Å². The van der Waals surface area contributed by atoms with Crippen molar-refractivity contribution in [1.82, 2.24) is 30.5 Å². The molecular weight excluding hydrogens is 664 g/mol. The molecule has 4 aromatic rings. The van der Waals surface area contributed by atoms with E-state index in [1.54, 1.807) is 43.6 Å². The lowest BCUT2D eigenvalue weighted by Crippen LogP contribution is -2.40. The molecule has 2 aliphatic rings. The zero-order valence-corrected chi connectivity index (χ0v) is 28.4. The number of pyridine rings is 1. The van der Waals surface area contributed by atoms with Gasteiger partial charge in [-0.1, -0.05) is 23.7 Å². The molecule has 4 heterocycles. The minimum Gasteiger partial charge on any atom is -0.478 e. The second-order valence-corrected chi connectivity index (χ2v) is 12.8. The highest BCUT2D eigenvalue weighted by atomic mass is 35.5. The minimum atomic E-state index is -0.449. The predicted octanol–water partition coefficient (Wildman–Crippen LogP) is 3.02. The summed E-state index contributed by atoms with van der Waals surface area (Å²) in [4.78, 5) is 72.4. The fourth-order valence-corrected chi connectivity index (χ4v) is 6.31. The summed E-state index contributed by atoms with van der Waals surface area (Å²) in [6.45, 7) is 1.61. The molecule has 4 N–H and O–H groups in total. The highest BCUT2D eigenvalue weighted by Crippen LogP contribution is 2.29. The van der Waals surface area contributed by atoms with Crippen LogP contribution in [-0.4, -0.2) is 71.5 Å². The van der Waals surface area contributed by atoms with Gasteiger partial charge in [-0.2, -0.15) is 4.98 Å². The van der Waals surface area contributed by atoms with E-state index in [1.165, 1.54) is 11.6 Å². The van der Waals surface area contributed by atoms with Gasteiger partial charge in [0.2, 0.25) is 17.8 Å². The Hall–Kier alpha value is -5.50. The number of hydrogen-bond acceptors (Lipinski definition) is 10. The van der Waals surface area contributed by atoms with Crippen molar-refractivity contribution in [2.45, 2.75) is 31.6 Å². The molecule has 260 valence electrons. The predicted molar refractivity (Wildman–Crippen MR) is 188 cm³/mol. The lowest BCUT2D eigenvalue weighted by atomic mass is 9.89. The van der Waals surface area contributed by atoms with E-state index >= 15 is 0 Å². The molecule has 2 aromatic heterocycles. The molecule has 0 bridgehead atoms. The normalized spacial score (nSPS) is 16.5. The fraction of sp³-hybridized carbons (Fsp3) is 0.343. The Morgan fingerprint density at radius 2 is 1.86 bits per heavy atom. The number of carbonyl (C=O) groups excluding carboxylic acids is 4. The zero-order chi connectivity index (χ0) is 35.4. The van der Waals surface area contributed by atoms with Crippen LogP contribution in [0.5, 0.6) is 5.75 Å². The first kappa shape index (κ1) is 34.4. The van der Waals surface area contributed by atoms with Crippen LogP contribution in [0.2, 0.25) is 5.02 Å². The van der Waals surface area contributed by atoms with Crippen molar-refractivity contribution in [2.24, 2.45) is 13.0 Å². The molecule has 15 heteroatoms. The summed E-state index contributed by atoms with van der Waals surface area (Å²) in [6.07, 6.45) is 3.89. The van der Waals surface area contributed by atoms with E-state index < -0.39 is 5.92 Å². The summed E-state index contributed by atoms with van der Waals surface area (Å²) in [5.74, 6) is -0.338. The summed E-state index contributed by atoms with van der Waals surface area (Å²) in [7, 11) is 3.13. The van der Waals surface area contributed by atoms with E-state index in [2.05, 4.69) is 31.2 Å². The second kappa shape index (κ2) is 14.9. The Kier molecular flexibility index (Phi) is 10.3. The average molecular weight is 701 g/mol. The number of fused-ring (bicyclic) bond motifs is 1. The van der Waals surface area contributed by atoms with E-state index in [9.17, 15) is 24.0 Å². The maximum Gasteiger partial charge on any atom is 0.293 e. The number of nitrogens with one attached hydrogen (secondary N) is 4. The Morgan fingerprint density at radius 3 is 2.62 bits per heavy atom. The van der Waals surface area contributed by atoms with Crippen LogP contribution in [0.25, 0.3) is 10.9 Å². The summed E-state index contributed by atoms with van der Waals surface area (Å²) in [5, 5.41) is 12.2. The Bertz CT molecular complexity index is 2030. The highest BCUT2D eigenvalue weighted by Gasteiger charge is 2.28. The van der Waals surface area contributed by atoms with Gasteiger partial charge in [-0.05, 0) is 67.1 Å². The maximum atomic E-state index is 13.0. The molecule has 14 nitrogen and oxygen atoms in total. The molecule has 2 saturated heterocycles. The van der Waals surface area contributed by atoms with Gasteiger partial charge in [0, 0.05) is 56.8 Å². The molecule has 2 aliphatic heterocycles. The molecule has 1 unspecified atom stereocenters. The molecule has 50 heavy (non-hydrogen) atoms. The monoisotopic (exact) mass is 700 g/mol. The first-order valence-electron chi connectivity index (χ1n) is 16.3. The van der Waals surface area contributed by atoms with Crippen molar-refractivity contribution in [3.63, 3.8) is 0 Å². The van der Waals surface area contributed by atoms with Crippen LogP contribution in [0.3, 0.4) is 0 Å². The number of aryl methyl sites for hydroxylation is 1. The number of aromatic nitrogens is 3. The van der Waals surface area contributed by atoms with E-state index in [1.807, 2.05) is 18.2 Å². The van der Waals surface area contributed by atoms with Crippen molar-refractivity contribution in [1.29, 1.82) is 0 Å². The Labute approximate surface area is 292 Å². The number of ether oxygens (including phenoxy) is 1. The summed E-state index contributed by atoms with van der Waals surface area (Å²) in [6, 6.07) is 14.1. The van der Waals surface area contributed by atoms with Gasteiger partial charge in [-0.3, -0.25) is 29.3 Å². The molecule has 2 fully saturated rings. The van der Waals surface area contributed by atoms with Gasteiger partial charge in [0.05, 0.1) is 17.6 Å². The third-order valence-electron chi connectivity index (χ3n) is 9.06. The first-order chi connectivity index (χ1) is 24.1. The van der Waals surface area contributed by atoms with Crippen molar-refractivity contribution in [3.8, 4) is 5.75 Å². The zero-order valence-electron chi connectivity index (χ0n) is 27.6. The Balaban J connectivity index is 1.06. The van der Waals surface area contributed by atoms with Gasteiger partial charge in [0.15, 0.2) is 18.2 Å². The second-order valence-electron chi connectivity index (χ2n) is 12.4. The number of benzene rings is 2. The molecule has 1 atom stereocenters. The summed E-state index contributed by atoms with van der Waals surface area (Å²) >= 11 is 6.49.